The van der Waals surface area contributed by atoms with Gasteiger partial charge in [-0.1, -0.05) is 30.4 Å². The Kier molecular flexibility index (Phi) is 5.72. The van der Waals surface area contributed by atoms with Gasteiger partial charge in [-0.2, -0.15) is 0 Å². The van der Waals surface area contributed by atoms with E-state index in [9.17, 15) is 9.59 Å². The summed E-state index contributed by atoms with van der Waals surface area (Å²) in [6.45, 7) is 0.611. The van der Waals surface area contributed by atoms with E-state index in [-0.39, 0.29) is 23.9 Å². The molecule has 1 fully saturated rings. The Labute approximate surface area is 130 Å². The van der Waals surface area contributed by atoms with E-state index in [0.717, 1.165) is 18.4 Å². The van der Waals surface area contributed by atoms with Gasteiger partial charge in [-0.05, 0) is 24.5 Å². The van der Waals surface area contributed by atoms with Crippen LogP contribution in [0.3, 0.4) is 0 Å². The fourth-order valence-corrected chi connectivity index (χ4v) is 2.57. The van der Waals surface area contributed by atoms with Crippen LogP contribution in [0.1, 0.15) is 28.8 Å². The predicted molar refractivity (Wildman–Crippen MR) is 83.3 cm³/mol. The van der Waals surface area contributed by atoms with Crippen LogP contribution in [-0.4, -0.2) is 38.7 Å². The lowest BCUT2D eigenvalue weighted by Gasteiger charge is -2.26. The summed E-state index contributed by atoms with van der Waals surface area (Å²) in [5.41, 5.74) is 1.37. The average Bonchev–Trinajstić information content (AvgIpc) is 2.59. The van der Waals surface area contributed by atoms with E-state index >= 15 is 0 Å². The fourth-order valence-electron chi connectivity index (χ4n) is 2.57. The van der Waals surface area contributed by atoms with Gasteiger partial charge >= 0.3 is 11.9 Å². The molecule has 0 unspecified atom stereocenters. The van der Waals surface area contributed by atoms with Gasteiger partial charge < -0.3 is 14.8 Å². The van der Waals surface area contributed by atoms with Crippen LogP contribution in [0.2, 0.25) is 0 Å². The van der Waals surface area contributed by atoms with Gasteiger partial charge in [0.1, 0.15) is 0 Å². The number of esters is 2. The van der Waals surface area contributed by atoms with Crippen LogP contribution in [0.25, 0.3) is 6.08 Å². The molecule has 2 atom stereocenters. The maximum Gasteiger partial charge on any atom is 0.338 e. The first kappa shape index (κ1) is 16.2. The van der Waals surface area contributed by atoms with Crippen molar-refractivity contribution in [2.45, 2.75) is 18.9 Å². The van der Waals surface area contributed by atoms with Crippen LogP contribution in [-0.2, 0) is 14.3 Å². The first-order valence-corrected chi connectivity index (χ1v) is 7.32. The van der Waals surface area contributed by atoms with Crippen molar-refractivity contribution in [2.24, 2.45) is 5.92 Å². The normalized spacial score (nSPS) is 21.5. The number of piperidine rings is 1. The molecule has 1 aromatic carbocycles. The first-order valence-electron chi connectivity index (χ1n) is 7.32. The highest BCUT2D eigenvalue weighted by molar-refractivity contribution is 5.93. The molecule has 1 saturated heterocycles. The number of ether oxygens (including phenoxy) is 2. The van der Waals surface area contributed by atoms with Crippen molar-refractivity contribution < 1.29 is 19.1 Å². The minimum absolute atomic E-state index is 0.0722. The molecule has 0 amide bonds. The first-order chi connectivity index (χ1) is 10.7. The van der Waals surface area contributed by atoms with Crippen molar-refractivity contribution in [3.8, 4) is 0 Å². The quantitative estimate of drug-likeness (QED) is 0.862. The van der Waals surface area contributed by atoms with Gasteiger partial charge in [-0.25, -0.2) is 4.79 Å². The Morgan fingerprint density at radius 1 is 1.18 bits per heavy atom. The maximum absolute atomic E-state index is 11.7. The molecule has 1 aliphatic rings. The number of rotatable bonds is 4. The summed E-state index contributed by atoms with van der Waals surface area (Å²) in [6, 6.07) is 7.50. The van der Waals surface area contributed by atoms with Crippen LogP contribution in [0.15, 0.2) is 30.3 Å². The number of hydrogen-bond acceptors (Lipinski definition) is 5. The Morgan fingerprint density at radius 2 is 1.95 bits per heavy atom. The number of carbonyl (C=O) groups excluding carboxylic acids is 2. The number of carbonyl (C=O) groups is 2. The molecular formula is C17H21NO4. The standard InChI is InChI=1S/C17H21NO4/c1-21-16(19)13-8-10-14(18-11-13)9-7-12-5-3-4-6-15(12)17(20)22-2/h3-7,9,13-14,18H,8,10-11H2,1-2H3/b9-7-/t13-,14+/m0/s1. The lowest BCUT2D eigenvalue weighted by atomic mass is 9.94. The highest BCUT2D eigenvalue weighted by atomic mass is 16.5. The van der Waals surface area contributed by atoms with Crippen molar-refractivity contribution in [3.05, 3.63) is 41.5 Å². The van der Waals surface area contributed by atoms with E-state index in [4.69, 9.17) is 9.47 Å². The molecule has 5 heteroatoms. The molecule has 5 nitrogen and oxygen atoms in total. The number of nitrogens with one attached hydrogen (secondary N) is 1. The van der Waals surface area contributed by atoms with E-state index in [2.05, 4.69) is 5.32 Å². The zero-order chi connectivity index (χ0) is 15.9. The minimum Gasteiger partial charge on any atom is -0.469 e. The second-order valence-corrected chi connectivity index (χ2v) is 5.25. The van der Waals surface area contributed by atoms with Gasteiger partial charge in [0.2, 0.25) is 0 Å². The molecule has 0 aliphatic carbocycles. The lowest BCUT2D eigenvalue weighted by Crippen LogP contribution is -2.40. The van der Waals surface area contributed by atoms with Crippen molar-refractivity contribution in [2.75, 3.05) is 20.8 Å². The largest absolute Gasteiger partial charge is 0.469 e. The summed E-state index contributed by atoms with van der Waals surface area (Å²) in [7, 11) is 2.79. The van der Waals surface area contributed by atoms with E-state index in [1.54, 1.807) is 6.07 Å². The second-order valence-electron chi connectivity index (χ2n) is 5.25. The smallest absolute Gasteiger partial charge is 0.338 e. The highest BCUT2D eigenvalue weighted by Crippen LogP contribution is 2.18. The third-order valence-electron chi connectivity index (χ3n) is 3.86. The van der Waals surface area contributed by atoms with Gasteiger partial charge in [-0.3, -0.25) is 4.79 Å². The molecule has 0 spiro atoms. The Bertz CT molecular complexity index is 560. The van der Waals surface area contributed by atoms with Gasteiger partial charge in [0.25, 0.3) is 0 Å². The van der Waals surface area contributed by atoms with Gasteiger partial charge in [0, 0.05) is 12.6 Å². The maximum atomic E-state index is 11.7. The Hall–Kier alpha value is -2.14. The second kappa shape index (κ2) is 7.75. The summed E-state index contributed by atoms with van der Waals surface area (Å²) >= 11 is 0. The van der Waals surface area contributed by atoms with E-state index in [1.807, 2.05) is 30.4 Å². The topological polar surface area (TPSA) is 64.6 Å². The predicted octanol–water partition coefficient (Wildman–Crippen LogP) is 2.03. The highest BCUT2D eigenvalue weighted by Gasteiger charge is 2.25. The van der Waals surface area contributed by atoms with E-state index < -0.39 is 0 Å². The number of hydrogen-bond donors (Lipinski definition) is 1. The number of benzene rings is 1. The third-order valence-corrected chi connectivity index (χ3v) is 3.86. The van der Waals surface area contributed by atoms with Crippen LogP contribution in [0, 0.1) is 5.92 Å². The molecule has 1 heterocycles. The molecule has 0 bridgehead atoms. The lowest BCUT2D eigenvalue weighted by molar-refractivity contribution is -0.146. The molecule has 0 aromatic heterocycles. The van der Waals surface area contributed by atoms with Crippen molar-refractivity contribution in [1.82, 2.24) is 5.32 Å². The summed E-state index contributed by atoms with van der Waals surface area (Å²) in [6.07, 6.45) is 5.60. The molecule has 2 rings (SSSR count). The summed E-state index contributed by atoms with van der Waals surface area (Å²) in [4.78, 5) is 23.2. The van der Waals surface area contributed by atoms with Gasteiger partial charge in [-0.15, -0.1) is 0 Å². The SMILES string of the molecule is COC(=O)c1ccccc1/C=C\[C@@H]1CC[C@H](C(=O)OC)CN1. The molecule has 0 radical (unpaired) electrons. The monoisotopic (exact) mass is 303 g/mol. The van der Waals surface area contributed by atoms with E-state index in [1.165, 1.54) is 14.2 Å². The molecule has 1 aromatic rings. The zero-order valence-corrected chi connectivity index (χ0v) is 12.9. The van der Waals surface area contributed by atoms with Crippen molar-refractivity contribution in [1.29, 1.82) is 0 Å². The summed E-state index contributed by atoms with van der Waals surface area (Å²) < 4.78 is 9.54. The molecule has 0 saturated carbocycles. The molecular weight excluding hydrogens is 282 g/mol. The summed E-state index contributed by atoms with van der Waals surface area (Å²) in [5.74, 6) is -0.578. The van der Waals surface area contributed by atoms with Crippen molar-refractivity contribution in [3.63, 3.8) is 0 Å². The fraction of sp³-hybridized carbons (Fsp3) is 0.412. The van der Waals surface area contributed by atoms with Crippen molar-refractivity contribution >= 4 is 18.0 Å². The van der Waals surface area contributed by atoms with Crippen LogP contribution in [0.5, 0.6) is 0 Å². The van der Waals surface area contributed by atoms with Crippen LogP contribution in [0.4, 0.5) is 0 Å². The third kappa shape index (κ3) is 3.95. The average molecular weight is 303 g/mol. The van der Waals surface area contributed by atoms with Gasteiger partial charge in [0.05, 0.1) is 25.7 Å². The minimum atomic E-state index is -0.345. The summed E-state index contributed by atoms with van der Waals surface area (Å²) in [5, 5.41) is 3.31. The molecule has 1 N–H and O–H groups in total. The Morgan fingerprint density at radius 3 is 2.59 bits per heavy atom. The molecule has 22 heavy (non-hydrogen) atoms. The Balaban J connectivity index is 1.99. The number of methoxy groups -OCH3 is 2. The van der Waals surface area contributed by atoms with Crippen LogP contribution < -0.4 is 5.32 Å². The molecule has 118 valence electrons. The molecule has 1 aliphatic heterocycles. The van der Waals surface area contributed by atoms with E-state index in [0.29, 0.717) is 12.1 Å². The van der Waals surface area contributed by atoms with Crippen LogP contribution >= 0.6 is 0 Å². The zero-order valence-electron chi connectivity index (χ0n) is 12.9. The van der Waals surface area contributed by atoms with Gasteiger partial charge in [0.15, 0.2) is 0 Å².